The van der Waals surface area contributed by atoms with Gasteiger partial charge in [0.05, 0.1) is 0 Å². The van der Waals surface area contributed by atoms with Crippen molar-refractivity contribution in [1.82, 2.24) is 25.5 Å². The van der Waals surface area contributed by atoms with Gasteiger partial charge in [-0.3, -0.25) is 4.79 Å². The third-order valence-corrected chi connectivity index (χ3v) is 7.26. The van der Waals surface area contributed by atoms with Crippen molar-refractivity contribution in [3.05, 3.63) is 54.1 Å². The molecular weight excluding hydrogens is 464 g/mol. The summed E-state index contributed by atoms with van der Waals surface area (Å²) in [6.45, 7) is 7.71. The van der Waals surface area contributed by atoms with E-state index >= 15 is 0 Å². The van der Waals surface area contributed by atoms with Gasteiger partial charge >= 0.3 is 5.97 Å². The molecule has 2 N–H and O–H groups in total. The topological polar surface area (TPSA) is 124 Å². The van der Waals surface area contributed by atoms with Crippen LogP contribution in [0.4, 0.5) is 0 Å². The molecule has 2 atom stereocenters. The highest BCUT2D eigenvalue weighted by atomic mass is 32.2. The average Bonchev–Trinajstić information content (AvgIpc) is 3.47. The maximum Gasteiger partial charge on any atom is 0.327 e. The fourth-order valence-corrected chi connectivity index (χ4v) is 5.18. The predicted molar refractivity (Wildman–Crippen MR) is 136 cm³/mol. The molecule has 2 aromatic carbocycles. The first-order chi connectivity index (χ1) is 16.7. The van der Waals surface area contributed by atoms with Crippen molar-refractivity contribution in [3.8, 4) is 22.5 Å². The van der Waals surface area contributed by atoms with Crippen molar-refractivity contribution in [3.63, 3.8) is 0 Å². The van der Waals surface area contributed by atoms with E-state index in [0.29, 0.717) is 24.0 Å². The number of H-pyrrole nitrogens is 1. The summed E-state index contributed by atoms with van der Waals surface area (Å²) < 4.78 is 0. The fourth-order valence-electron chi connectivity index (χ4n) is 3.90. The fraction of sp³-hybridized carbons (Fsp3) is 0.360. The Labute approximate surface area is 208 Å². The number of nitrogens with zero attached hydrogens (tertiary/aromatic N) is 5. The van der Waals surface area contributed by atoms with Crippen molar-refractivity contribution in [2.75, 3.05) is 0 Å². The highest BCUT2D eigenvalue weighted by Crippen LogP contribution is 2.36. The van der Waals surface area contributed by atoms with Crippen LogP contribution in [0.5, 0.6) is 0 Å². The highest BCUT2D eigenvalue weighted by Gasteiger charge is 2.43. The second-order valence-electron chi connectivity index (χ2n) is 9.42. The summed E-state index contributed by atoms with van der Waals surface area (Å²) in [5, 5.41) is 24.4. The number of rotatable bonds is 6. The Morgan fingerprint density at radius 1 is 1.11 bits per heavy atom. The summed E-state index contributed by atoms with van der Waals surface area (Å²) in [5.41, 5.74) is 3.12. The van der Waals surface area contributed by atoms with Crippen LogP contribution in [-0.4, -0.2) is 59.0 Å². The maximum atomic E-state index is 12.6. The number of amidine groups is 1. The minimum atomic E-state index is -0.913. The number of carboxylic acids is 1. The number of amides is 1. The third kappa shape index (κ3) is 5.27. The second kappa shape index (κ2) is 9.99. The number of hydrogen-bond donors (Lipinski definition) is 2. The molecule has 0 aliphatic carbocycles. The largest absolute Gasteiger partial charge is 0.480 e. The molecule has 3 aromatic rings. The molecule has 2 heterocycles. The predicted octanol–water partition coefficient (Wildman–Crippen LogP) is 4.24. The Kier molecular flexibility index (Phi) is 7.02. The molecule has 0 spiro atoms. The number of thioether (sulfide) groups is 1. The number of hydrogen-bond acceptors (Lipinski definition) is 6. The van der Waals surface area contributed by atoms with Gasteiger partial charge in [0.1, 0.15) is 6.04 Å². The van der Waals surface area contributed by atoms with Crippen molar-refractivity contribution in [2.45, 2.75) is 52.0 Å². The first kappa shape index (κ1) is 24.6. The second-order valence-corrected chi connectivity index (χ2v) is 10.6. The highest BCUT2D eigenvalue weighted by molar-refractivity contribution is 8.14. The van der Waals surface area contributed by atoms with Crippen LogP contribution in [0.25, 0.3) is 22.5 Å². The molecule has 1 amide bonds. The lowest BCUT2D eigenvalue weighted by Crippen LogP contribution is -2.42. The Morgan fingerprint density at radius 3 is 2.37 bits per heavy atom. The van der Waals surface area contributed by atoms with Crippen LogP contribution in [0.15, 0.2) is 53.5 Å². The van der Waals surface area contributed by atoms with E-state index in [4.69, 9.17) is 0 Å². The molecule has 4 rings (SSSR count). The summed E-state index contributed by atoms with van der Waals surface area (Å²) in [7, 11) is 0. The molecule has 0 bridgehead atoms. The average molecular weight is 493 g/mol. The van der Waals surface area contributed by atoms with Gasteiger partial charge in [0.25, 0.3) is 5.91 Å². The Hall–Kier alpha value is -3.53. The van der Waals surface area contributed by atoms with Crippen LogP contribution in [0.1, 0.15) is 39.7 Å². The zero-order chi connectivity index (χ0) is 25.2. The zero-order valence-electron chi connectivity index (χ0n) is 20.1. The van der Waals surface area contributed by atoms with Gasteiger partial charge < -0.3 is 10.0 Å². The SMILES string of the molecule is CCC1SC(=NC(=O)C(C)(C)C)N(Cc2ccc(-c3ccccc3-c3nnn[nH]3)cc2)C1C(=O)O. The molecule has 0 saturated carbocycles. The number of aliphatic imine (C=N–C) groups is 1. The summed E-state index contributed by atoms with van der Waals surface area (Å²) in [6.07, 6.45) is 0.660. The van der Waals surface area contributed by atoms with E-state index in [9.17, 15) is 14.7 Å². The van der Waals surface area contributed by atoms with Crippen LogP contribution >= 0.6 is 11.8 Å². The molecule has 182 valence electrons. The van der Waals surface area contributed by atoms with Gasteiger partial charge in [0.2, 0.25) is 0 Å². The molecular formula is C25H28N6O3S. The number of benzene rings is 2. The molecule has 1 fully saturated rings. The van der Waals surface area contributed by atoms with Crippen molar-refractivity contribution in [2.24, 2.45) is 10.4 Å². The summed E-state index contributed by atoms with van der Waals surface area (Å²) in [4.78, 5) is 30.9. The summed E-state index contributed by atoms with van der Waals surface area (Å²) in [6, 6.07) is 15.0. The maximum absolute atomic E-state index is 12.6. The normalized spacial score (nSPS) is 19.3. The Balaban J connectivity index is 1.64. The number of aromatic nitrogens is 4. The third-order valence-electron chi connectivity index (χ3n) is 5.83. The number of carbonyl (C=O) groups excluding carboxylic acids is 1. The number of aromatic amines is 1. The van der Waals surface area contributed by atoms with Gasteiger partial charge in [-0.05, 0) is 33.5 Å². The lowest BCUT2D eigenvalue weighted by molar-refractivity contribution is -0.141. The Bertz CT molecular complexity index is 1230. The van der Waals surface area contributed by atoms with E-state index in [-0.39, 0.29) is 11.2 Å². The molecule has 1 aliphatic rings. The van der Waals surface area contributed by atoms with E-state index in [0.717, 1.165) is 22.3 Å². The lowest BCUT2D eigenvalue weighted by atomic mass is 9.96. The van der Waals surface area contributed by atoms with Crippen LogP contribution in [0.2, 0.25) is 0 Å². The number of carboxylic acid groups (broad SMARTS) is 1. The first-order valence-electron chi connectivity index (χ1n) is 11.4. The van der Waals surface area contributed by atoms with Crippen LogP contribution in [0.3, 0.4) is 0 Å². The quantitative estimate of drug-likeness (QED) is 0.523. The van der Waals surface area contributed by atoms with Crippen LogP contribution in [-0.2, 0) is 16.1 Å². The molecule has 1 aliphatic heterocycles. The van der Waals surface area contributed by atoms with Crippen molar-refractivity contribution in [1.29, 1.82) is 0 Å². The molecule has 2 unspecified atom stereocenters. The van der Waals surface area contributed by atoms with E-state index in [1.54, 1.807) is 25.7 Å². The molecule has 35 heavy (non-hydrogen) atoms. The van der Waals surface area contributed by atoms with Gasteiger partial charge in [-0.1, -0.05) is 88.0 Å². The molecule has 1 aromatic heterocycles. The Morgan fingerprint density at radius 2 is 1.80 bits per heavy atom. The number of carbonyl (C=O) groups is 2. The van der Waals surface area contributed by atoms with Crippen LogP contribution in [0, 0.1) is 5.41 Å². The molecule has 0 radical (unpaired) electrons. The van der Waals surface area contributed by atoms with Gasteiger partial charge in [0, 0.05) is 22.8 Å². The van der Waals surface area contributed by atoms with Crippen LogP contribution < -0.4 is 0 Å². The lowest BCUT2D eigenvalue weighted by Gasteiger charge is -2.25. The number of nitrogens with one attached hydrogen (secondary N) is 1. The minimum absolute atomic E-state index is 0.180. The van der Waals surface area contributed by atoms with E-state index in [1.165, 1.54) is 11.8 Å². The minimum Gasteiger partial charge on any atom is -0.480 e. The molecule has 10 heteroatoms. The summed E-state index contributed by atoms with van der Waals surface area (Å²) >= 11 is 1.37. The molecule has 9 nitrogen and oxygen atoms in total. The van der Waals surface area contributed by atoms with Crippen molar-refractivity contribution < 1.29 is 14.7 Å². The summed E-state index contributed by atoms with van der Waals surface area (Å²) in [5.74, 6) is -0.596. The standard InChI is InChI=1S/C25H28N6O3S/c1-5-19-20(22(32)33)31(24(35-19)26-23(34)25(2,3)4)14-15-10-12-16(13-11-15)17-8-6-7-9-18(17)21-27-29-30-28-21/h6-13,19-20H,5,14H2,1-4H3,(H,32,33)(H,27,28,29,30). The number of tetrazole rings is 1. The van der Waals surface area contributed by atoms with E-state index < -0.39 is 17.4 Å². The van der Waals surface area contributed by atoms with Gasteiger partial charge in [-0.2, -0.15) is 4.99 Å². The monoisotopic (exact) mass is 492 g/mol. The van der Waals surface area contributed by atoms with Gasteiger partial charge in [-0.25, -0.2) is 9.89 Å². The molecule has 1 saturated heterocycles. The van der Waals surface area contributed by atoms with Crippen molar-refractivity contribution >= 4 is 28.8 Å². The zero-order valence-corrected chi connectivity index (χ0v) is 20.9. The number of aliphatic carboxylic acids is 1. The van der Waals surface area contributed by atoms with E-state index in [1.807, 2.05) is 55.5 Å². The van der Waals surface area contributed by atoms with Gasteiger partial charge in [-0.15, -0.1) is 5.10 Å². The van der Waals surface area contributed by atoms with E-state index in [2.05, 4.69) is 25.6 Å². The van der Waals surface area contributed by atoms with Gasteiger partial charge in [0.15, 0.2) is 11.0 Å². The smallest absolute Gasteiger partial charge is 0.327 e. The first-order valence-corrected chi connectivity index (χ1v) is 12.3.